The molecule has 1 amide bonds. The van der Waals surface area contributed by atoms with Gasteiger partial charge in [-0.15, -0.1) is 0 Å². The third-order valence-electron chi connectivity index (χ3n) is 4.48. The van der Waals surface area contributed by atoms with Gasteiger partial charge in [0.1, 0.15) is 5.82 Å². The summed E-state index contributed by atoms with van der Waals surface area (Å²) >= 11 is 0. The molecule has 5 rings (SSSR count). The lowest BCUT2D eigenvalue weighted by molar-refractivity contribution is -0.119. The zero-order valence-corrected chi connectivity index (χ0v) is 13.8. The Morgan fingerprint density at radius 3 is 2.50 bits per heavy atom. The van der Waals surface area contributed by atoms with Gasteiger partial charge in [-0.1, -0.05) is 36.4 Å². The van der Waals surface area contributed by atoms with Crippen LogP contribution in [0.15, 0.2) is 77.1 Å². The number of fused-ring (bicyclic) bond motifs is 2. The second-order valence-corrected chi connectivity index (χ2v) is 6.09. The minimum absolute atomic E-state index is 0.0950. The molecular formula is C18H17N7O. The lowest BCUT2D eigenvalue weighted by atomic mass is 10.2. The predicted octanol–water partition coefficient (Wildman–Crippen LogP) is 0.734. The molecule has 2 aromatic carbocycles. The maximum absolute atomic E-state index is 12.5. The van der Waals surface area contributed by atoms with Crippen LogP contribution in [-0.2, 0) is 4.79 Å². The second-order valence-electron chi connectivity index (χ2n) is 6.09. The van der Waals surface area contributed by atoms with Gasteiger partial charge in [0.05, 0.1) is 16.9 Å². The van der Waals surface area contributed by atoms with Gasteiger partial charge in [0.2, 0.25) is 5.96 Å². The number of anilines is 1. The average molecular weight is 347 g/mol. The first-order valence-electron chi connectivity index (χ1n) is 8.38. The van der Waals surface area contributed by atoms with Gasteiger partial charge in [0.15, 0.2) is 6.29 Å². The highest BCUT2D eigenvalue weighted by molar-refractivity contribution is 6.00. The molecule has 0 radical (unpaired) electrons. The Hall–Kier alpha value is -3.36. The van der Waals surface area contributed by atoms with Crippen molar-refractivity contribution in [2.24, 2.45) is 4.99 Å². The van der Waals surface area contributed by atoms with Crippen LogP contribution in [0, 0.1) is 0 Å². The summed E-state index contributed by atoms with van der Waals surface area (Å²) in [4.78, 5) is 19.1. The molecule has 0 aliphatic carbocycles. The molecule has 0 spiro atoms. The Bertz CT molecular complexity index is 910. The molecule has 1 unspecified atom stereocenters. The first-order chi connectivity index (χ1) is 12.8. The summed E-state index contributed by atoms with van der Waals surface area (Å²) in [5.74, 6) is 1.30. The van der Waals surface area contributed by atoms with Crippen molar-refractivity contribution in [1.29, 1.82) is 0 Å². The summed E-state index contributed by atoms with van der Waals surface area (Å²) in [6.45, 7) is 0.456. The summed E-state index contributed by atoms with van der Waals surface area (Å²) < 4.78 is 0. The van der Waals surface area contributed by atoms with E-state index in [-0.39, 0.29) is 5.91 Å². The number of hydrogen-bond donors (Lipinski definition) is 4. The monoisotopic (exact) mass is 347 g/mol. The molecule has 1 fully saturated rings. The van der Waals surface area contributed by atoms with E-state index in [1.807, 2.05) is 70.6 Å². The van der Waals surface area contributed by atoms with Crippen LogP contribution in [-0.4, -0.2) is 29.6 Å². The number of guanidine groups is 1. The second kappa shape index (κ2) is 5.87. The third-order valence-corrected chi connectivity index (χ3v) is 4.48. The predicted molar refractivity (Wildman–Crippen MR) is 97.5 cm³/mol. The first kappa shape index (κ1) is 14.9. The lowest BCUT2D eigenvalue weighted by Crippen LogP contribution is -2.56. The number of aliphatic imine (C=N–C) groups is 1. The first-order valence-corrected chi connectivity index (χ1v) is 8.38. The summed E-state index contributed by atoms with van der Waals surface area (Å²) in [5, 5.41) is 4.87. The highest BCUT2D eigenvalue weighted by atomic mass is 16.2. The van der Waals surface area contributed by atoms with Crippen molar-refractivity contribution < 1.29 is 4.79 Å². The topological polar surface area (TPSA) is 84.0 Å². The highest BCUT2D eigenvalue weighted by Crippen LogP contribution is 2.31. The number of para-hydroxylation sites is 2. The van der Waals surface area contributed by atoms with Crippen LogP contribution in [0.2, 0.25) is 0 Å². The summed E-state index contributed by atoms with van der Waals surface area (Å²) in [5.41, 5.74) is 11.9. The van der Waals surface area contributed by atoms with E-state index in [0.717, 1.165) is 17.2 Å². The standard InChI is InChI=1S/C18H17N7O/c26-15-14-11-19-25(13-9-5-2-6-10-13)16(14)24-17(22-23-18(24)21-15)20-12-7-3-1-4-8-12/h1-10,18-19,23H,11H2,(H,20,22)(H,21,26). The van der Waals surface area contributed by atoms with Crippen LogP contribution in [0.25, 0.3) is 0 Å². The minimum atomic E-state index is -0.408. The Kier molecular flexibility index (Phi) is 3.37. The Morgan fingerprint density at radius 2 is 1.73 bits per heavy atom. The largest absolute Gasteiger partial charge is 0.318 e. The van der Waals surface area contributed by atoms with Crippen LogP contribution in [0.1, 0.15) is 0 Å². The average Bonchev–Trinajstić information content (AvgIpc) is 3.28. The van der Waals surface area contributed by atoms with Gasteiger partial charge in [-0.3, -0.25) is 20.1 Å². The van der Waals surface area contributed by atoms with E-state index in [2.05, 4.69) is 26.6 Å². The molecule has 26 heavy (non-hydrogen) atoms. The Morgan fingerprint density at radius 1 is 1.00 bits per heavy atom. The van der Waals surface area contributed by atoms with Crippen molar-refractivity contribution in [1.82, 2.24) is 26.5 Å². The number of hydrogen-bond acceptors (Lipinski definition) is 5. The van der Waals surface area contributed by atoms with Crippen molar-refractivity contribution in [3.8, 4) is 0 Å². The minimum Gasteiger partial charge on any atom is -0.318 e. The molecule has 0 aromatic heterocycles. The molecule has 8 heteroatoms. The fraction of sp³-hybridized carbons (Fsp3) is 0.111. The van der Waals surface area contributed by atoms with Crippen molar-refractivity contribution in [3.05, 3.63) is 72.1 Å². The van der Waals surface area contributed by atoms with Crippen molar-refractivity contribution in [2.75, 3.05) is 11.6 Å². The number of amides is 1. The molecule has 2 aromatic rings. The molecule has 1 saturated heterocycles. The van der Waals surface area contributed by atoms with Crippen LogP contribution in [0.3, 0.4) is 0 Å². The van der Waals surface area contributed by atoms with Crippen LogP contribution >= 0.6 is 0 Å². The SMILES string of the molecule is O=C1NC2NNC(=Nc3ccccc3)N2C2=C1CNN2c1ccccc1. The number of benzene rings is 2. The Labute approximate surface area is 150 Å². The molecule has 3 aliphatic heterocycles. The van der Waals surface area contributed by atoms with E-state index in [1.165, 1.54) is 0 Å². The van der Waals surface area contributed by atoms with Crippen LogP contribution in [0.4, 0.5) is 11.4 Å². The fourth-order valence-electron chi connectivity index (χ4n) is 3.29. The lowest BCUT2D eigenvalue weighted by Gasteiger charge is -2.34. The third kappa shape index (κ3) is 2.32. The Balaban J connectivity index is 1.59. The van der Waals surface area contributed by atoms with Gasteiger partial charge >= 0.3 is 0 Å². The maximum Gasteiger partial charge on any atom is 0.254 e. The van der Waals surface area contributed by atoms with Crippen molar-refractivity contribution >= 4 is 23.2 Å². The molecule has 4 N–H and O–H groups in total. The zero-order valence-electron chi connectivity index (χ0n) is 13.8. The zero-order chi connectivity index (χ0) is 17.5. The fourth-order valence-corrected chi connectivity index (χ4v) is 3.29. The highest BCUT2D eigenvalue weighted by Gasteiger charge is 2.45. The van der Waals surface area contributed by atoms with Gasteiger partial charge in [0, 0.05) is 6.54 Å². The number of carbonyl (C=O) groups excluding carboxylic acids is 1. The number of rotatable bonds is 2. The quantitative estimate of drug-likeness (QED) is 0.641. The smallest absolute Gasteiger partial charge is 0.254 e. The number of hydrazine groups is 2. The summed E-state index contributed by atoms with van der Waals surface area (Å²) in [6, 6.07) is 19.6. The van der Waals surface area contributed by atoms with Gasteiger partial charge in [-0.2, -0.15) is 5.43 Å². The molecule has 1 atom stereocenters. The van der Waals surface area contributed by atoms with E-state index in [0.29, 0.717) is 18.1 Å². The molecule has 130 valence electrons. The maximum atomic E-state index is 12.5. The van der Waals surface area contributed by atoms with Crippen LogP contribution < -0.4 is 26.6 Å². The van der Waals surface area contributed by atoms with E-state index in [9.17, 15) is 4.79 Å². The molecule has 3 heterocycles. The number of nitrogens with zero attached hydrogens (tertiary/aromatic N) is 3. The van der Waals surface area contributed by atoms with E-state index in [1.54, 1.807) is 0 Å². The van der Waals surface area contributed by atoms with E-state index in [4.69, 9.17) is 0 Å². The van der Waals surface area contributed by atoms with Gasteiger partial charge in [-0.25, -0.2) is 10.4 Å². The summed E-state index contributed by atoms with van der Waals surface area (Å²) in [6.07, 6.45) is -0.408. The van der Waals surface area contributed by atoms with Crippen LogP contribution in [0.5, 0.6) is 0 Å². The van der Waals surface area contributed by atoms with Gasteiger partial charge in [-0.05, 0) is 24.3 Å². The number of nitrogens with one attached hydrogen (secondary N) is 4. The normalized spacial score (nSPS) is 23.0. The van der Waals surface area contributed by atoms with Crippen molar-refractivity contribution in [2.45, 2.75) is 6.29 Å². The molecule has 3 aliphatic rings. The van der Waals surface area contributed by atoms with E-state index >= 15 is 0 Å². The number of carbonyl (C=O) groups is 1. The van der Waals surface area contributed by atoms with Gasteiger partial charge in [0.25, 0.3) is 5.91 Å². The summed E-state index contributed by atoms with van der Waals surface area (Å²) in [7, 11) is 0. The van der Waals surface area contributed by atoms with Gasteiger partial charge < -0.3 is 5.32 Å². The van der Waals surface area contributed by atoms with Crippen molar-refractivity contribution in [3.63, 3.8) is 0 Å². The molecule has 0 saturated carbocycles. The molecular weight excluding hydrogens is 330 g/mol. The molecule has 0 bridgehead atoms. The van der Waals surface area contributed by atoms with E-state index < -0.39 is 6.29 Å². The molecule has 8 nitrogen and oxygen atoms in total.